The van der Waals surface area contributed by atoms with Crippen molar-refractivity contribution in [2.45, 2.75) is 13.5 Å². The molecule has 2 rings (SSSR count). The number of rotatable bonds is 5. The number of halogens is 2. The van der Waals surface area contributed by atoms with Crippen LogP contribution in [0.5, 0.6) is 0 Å². The quantitative estimate of drug-likeness (QED) is 0.829. The summed E-state index contributed by atoms with van der Waals surface area (Å²) in [6.45, 7) is 1.69. The van der Waals surface area contributed by atoms with Crippen molar-refractivity contribution in [3.63, 3.8) is 0 Å². The zero-order valence-corrected chi connectivity index (χ0v) is 14.9. The second-order valence-corrected chi connectivity index (χ2v) is 6.35. The van der Waals surface area contributed by atoms with Crippen LogP contribution in [0.4, 0.5) is 5.69 Å². The molecule has 2 amide bonds. The van der Waals surface area contributed by atoms with Crippen LogP contribution in [0, 0.1) is 0 Å². The fraction of sp³-hybridized carbons (Fsp3) is 0.176. The molecule has 0 radical (unpaired) electrons. The van der Waals surface area contributed by atoms with Gasteiger partial charge in [-0.1, -0.05) is 51.8 Å². The molecule has 4 nitrogen and oxygen atoms in total. The van der Waals surface area contributed by atoms with Crippen LogP contribution in [0.1, 0.15) is 12.5 Å². The molecule has 0 aliphatic rings. The highest BCUT2D eigenvalue weighted by Gasteiger charge is 2.15. The van der Waals surface area contributed by atoms with Crippen LogP contribution < -0.4 is 5.32 Å². The zero-order chi connectivity index (χ0) is 16.8. The number of benzene rings is 2. The summed E-state index contributed by atoms with van der Waals surface area (Å²) in [6, 6.07) is 14.5. The molecule has 0 unspecified atom stereocenters. The number of amides is 2. The minimum Gasteiger partial charge on any atom is -0.329 e. The lowest BCUT2D eigenvalue weighted by Crippen LogP contribution is -2.36. The summed E-state index contributed by atoms with van der Waals surface area (Å²) in [5.41, 5.74) is 1.48. The molecule has 0 heterocycles. The normalized spacial score (nSPS) is 10.2. The first-order valence-corrected chi connectivity index (χ1v) is 8.17. The first kappa shape index (κ1) is 17.5. The van der Waals surface area contributed by atoms with Gasteiger partial charge in [-0.15, -0.1) is 0 Å². The van der Waals surface area contributed by atoms with E-state index in [-0.39, 0.29) is 18.4 Å². The number of hydrogen-bond acceptors (Lipinski definition) is 2. The Morgan fingerprint density at radius 3 is 2.57 bits per heavy atom. The van der Waals surface area contributed by atoms with Crippen molar-refractivity contribution < 1.29 is 9.59 Å². The third kappa shape index (κ3) is 5.37. The average Bonchev–Trinajstić information content (AvgIpc) is 2.48. The van der Waals surface area contributed by atoms with Crippen LogP contribution in [0.3, 0.4) is 0 Å². The lowest BCUT2D eigenvalue weighted by atomic mass is 10.2. The molecule has 0 aliphatic heterocycles. The Labute approximate surface area is 148 Å². The van der Waals surface area contributed by atoms with Gasteiger partial charge in [-0.2, -0.15) is 0 Å². The number of carbonyl (C=O) groups excluding carboxylic acids is 2. The SMILES string of the molecule is CC(=O)N(CC(=O)Nc1cccc(Br)c1)Cc1ccccc1Cl. The second kappa shape index (κ2) is 8.13. The lowest BCUT2D eigenvalue weighted by molar-refractivity contribution is -0.133. The Kier molecular flexibility index (Phi) is 6.19. The van der Waals surface area contributed by atoms with Gasteiger partial charge in [0.1, 0.15) is 6.54 Å². The number of carbonyl (C=O) groups is 2. The van der Waals surface area contributed by atoms with Gasteiger partial charge < -0.3 is 10.2 Å². The standard InChI is InChI=1S/C17H16BrClN2O2/c1-12(22)21(10-13-5-2-3-8-16(13)19)11-17(23)20-15-7-4-6-14(18)9-15/h2-9H,10-11H2,1H3,(H,20,23). The van der Waals surface area contributed by atoms with Crippen LogP contribution in [0.15, 0.2) is 53.0 Å². The fourth-order valence-electron chi connectivity index (χ4n) is 2.05. The van der Waals surface area contributed by atoms with Gasteiger partial charge in [0.2, 0.25) is 11.8 Å². The third-order valence-corrected chi connectivity index (χ3v) is 4.07. The van der Waals surface area contributed by atoms with E-state index < -0.39 is 0 Å². The van der Waals surface area contributed by atoms with Crippen molar-refractivity contribution in [3.05, 3.63) is 63.6 Å². The number of nitrogens with zero attached hydrogens (tertiary/aromatic N) is 1. The zero-order valence-electron chi connectivity index (χ0n) is 12.6. The maximum atomic E-state index is 12.2. The predicted molar refractivity (Wildman–Crippen MR) is 95.3 cm³/mol. The molecule has 2 aromatic carbocycles. The van der Waals surface area contributed by atoms with Gasteiger partial charge in [-0.25, -0.2) is 0 Å². The molecule has 0 fully saturated rings. The molecular formula is C17H16BrClN2O2. The Balaban J connectivity index is 2.03. The maximum absolute atomic E-state index is 12.2. The topological polar surface area (TPSA) is 49.4 Å². The van der Waals surface area contributed by atoms with Crippen LogP contribution in [-0.2, 0) is 16.1 Å². The van der Waals surface area contributed by atoms with E-state index >= 15 is 0 Å². The molecule has 2 aromatic rings. The fourth-order valence-corrected chi connectivity index (χ4v) is 2.65. The van der Waals surface area contributed by atoms with E-state index in [1.165, 1.54) is 11.8 Å². The minimum absolute atomic E-state index is 0.0347. The molecule has 0 saturated heterocycles. The smallest absolute Gasteiger partial charge is 0.244 e. The Bertz CT molecular complexity index is 721. The van der Waals surface area contributed by atoms with Gasteiger partial charge in [0.05, 0.1) is 0 Å². The third-order valence-electron chi connectivity index (χ3n) is 3.21. The molecule has 23 heavy (non-hydrogen) atoms. The van der Waals surface area contributed by atoms with E-state index in [1.54, 1.807) is 18.2 Å². The molecule has 0 aliphatic carbocycles. The highest BCUT2D eigenvalue weighted by atomic mass is 79.9. The number of hydrogen-bond donors (Lipinski definition) is 1. The van der Waals surface area contributed by atoms with E-state index in [2.05, 4.69) is 21.2 Å². The number of nitrogens with one attached hydrogen (secondary N) is 1. The molecule has 0 saturated carbocycles. The monoisotopic (exact) mass is 394 g/mol. The van der Waals surface area contributed by atoms with Crippen molar-refractivity contribution in [2.24, 2.45) is 0 Å². The highest BCUT2D eigenvalue weighted by molar-refractivity contribution is 9.10. The summed E-state index contributed by atoms with van der Waals surface area (Å²) >= 11 is 9.46. The van der Waals surface area contributed by atoms with Crippen LogP contribution >= 0.6 is 27.5 Å². The molecule has 0 atom stereocenters. The first-order valence-electron chi connectivity index (χ1n) is 7.00. The Morgan fingerprint density at radius 2 is 1.91 bits per heavy atom. The summed E-state index contributed by atoms with van der Waals surface area (Å²) < 4.78 is 0.870. The average molecular weight is 396 g/mol. The Morgan fingerprint density at radius 1 is 1.17 bits per heavy atom. The summed E-state index contributed by atoms with van der Waals surface area (Å²) in [4.78, 5) is 25.4. The van der Waals surface area contributed by atoms with Gasteiger partial charge >= 0.3 is 0 Å². The van der Waals surface area contributed by atoms with Gasteiger partial charge in [-0.05, 0) is 29.8 Å². The molecule has 1 N–H and O–H groups in total. The molecule has 120 valence electrons. The molecule has 6 heteroatoms. The van der Waals surface area contributed by atoms with Gasteiger partial charge in [0.25, 0.3) is 0 Å². The van der Waals surface area contributed by atoms with Crippen molar-refractivity contribution >= 4 is 45.0 Å². The summed E-state index contributed by atoms with van der Waals surface area (Å²) in [5.74, 6) is -0.445. The Hall–Kier alpha value is -1.85. The van der Waals surface area contributed by atoms with Crippen molar-refractivity contribution in [1.82, 2.24) is 4.90 Å². The molecule has 0 bridgehead atoms. The van der Waals surface area contributed by atoms with E-state index in [1.807, 2.05) is 30.3 Å². The summed E-state index contributed by atoms with van der Waals surface area (Å²) in [5, 5.41) is 3.35. The van der Waals surface area contributed by atoms with Gasteiger partial charge in [-0.3, -0.25) is 9.59 Å². The lowest BCUT2D eigenvalue weighted by Gasteiger charge is -2.21. The van der Waals surface area contributed by atoms with Crippen LogP contribution in [0.2, 0.25) is 5.02 Å². The highest BCUT2D eigenvalue weighted by Crippen LogP contribution is 2.18. The minimum atomic E-state index is -0.259. The largest absolute Gasteiger partial charge is 0.329 e. The van der Waals surface area contributed by atoms with Gasteiger partial charge in [0.15, 0.2) is 0 Å². The predicted octanol–water partition coefficient (Wildman–Crippen LogP) is 4.09. The van der Waals surface area contributed by atoms with Gasteiger partial charge in [0, 0.05) is 28.7 Å². The number of anilines is 1. The van der Waals surface area contributed by atoms with E-state index in [9.17, 15) is 9.59 Å². The molecule has 0 spiro atoms. The van der Waals surface area contributed by atoms with E-state index in [4.69, 9.17) is 11.6 Å². The van der Waals surface area contributed by atoms with Crippen LogP contribution in [-0.4, -0.2) is 23.3 Å². The van der Waals surface area contributed by atoms with Crippen molar-refractivity contribution in [3.8, 4) is 0 Å². The van der Waals surface area contributed by atoms with Crippen molar-refractivity contribution in [1.29, 1.82) is 0 Å². The molecule has 0 aromatic heterocycles. The van der Waals surface area contributed by atoms with Crippen molar-refractivity contribution in [2.75, 3.05) is 11.9 Å². The maximum Gasteiger partial charge on any atom is 0.244 e. The first-order chi connectivity index (χ1) is 11.0. The van der Waals surface area contributed by atoms with Crippen LogP contribution in [0.25, 0.3) is 0 Å². The second-order valence-electron chi connectivity index (χ2n) is 5.03. The summed E-state index contributed by atoms with van der Waals surface area (Å²) in [7, 11) is 0. The van der Waals surface area contributed by atoms with E-state index in [0.717, 1.165) is 10.0 Å². The molecular weight excluding hydrogens is 380 g/mol. The van der Waals surface area contributed by atoms with E-state index in [0.29, 0.717) is 17.3 Å². The summed E-state index contributed by atoms with van der Waals surface area (Å²) in [6.07, 6.45) is 0.